The van der Waals surface area contributed by atoms with E-state index in [2.05, 4.69) is 32.2 Å². The average molecular weight is 631 g/mol. The fourth-order valence-electron chi connectivity index (χ4n) is 5.73. The van der Waals surface area contributed by atoms with E-state index in [-0.39, 0.29) is 42.2 Å². The number of carbonyl (C=O) groups excluding carboxylic acids is 1. The van der Waals surface area contributed by atoms with Gasteiger partial charge in [-0.2, -0.15) is 13.2 Å². The Bertz CT molecular complexity index is 1770. The van der Waals surface area contributed by atoms with E-state index in [4.69, 9.17) is 16.3 Å². The van der Waals surface area contributed by atoms with Gasteiger partial charge in [0.2, 0.25) is 0 Å². The van der Waals surface area contributed by atoms with Crippen molar-refractivity contribution < 1.29 is 27.8 Å². The lowest BCUT2D eigenvalue weighted by Crippen LogP contribution is -2.43. The number of alkyl halides is 3. The van der Waals surface area contributed by atoms with E-state index < -0.39 is 28.4 Å². The predicted octanol–water partition coefficient (Wildman–Crippen LogP) is 4.49. The third-order valence-electron chi connectivity index (χ3n) is 8.09. The molecule has 1 saturated heterocycles. The summed E-state index contributed by atoms with van der Waals surface area (Å²) in [6, 6.07) is 8.75. The zero-order valence-electron chi connectivity index (χ0n) is 23.7. The maximum atomic E-state index is 13.3. The average Bonchev–Trinajstić information content (AvgIpc) is 3.53. The van der Waals surface area contributed by atoms with Crippen LogP contribution in [-0.4, -0.2) is 81.2 Å². The Morgan fingerprint density at radius 3 is 2.73 bits per heavy atom. The van der Waals surface area contributed by atoms with Gasteiger partial charge in [0.1, 0.15) is 29.8 Å². The highest BCUT2D eigenvalue weighted by atomic mass is 35.5. The number of ether oxygens (including phenoxy) is 1. The Balaban J connectivity index is 1.16. The first-order valence-corrected chi connectivity index (χ1v) is 14.5. The quantitative estimate of drug-likeness (QED) is 0.226. The summed E-state index contributed by atoms with van der Waals surface area (Å²) in [4.78, 5) is 40.8. The molecule has 1 atom stereocenters. The van der Waals surface area contributed by atoms with Crippen LogP contribution >= 0.6 is 11.6 Å². The Kier molecular flexibility index (Phi) is 8.03. The predicted molar refractivity (Wildman–Crippen MR) is 159 cm³/mol. The van der Waals surface area contributed by atoms with E-state index in [1.807, 2.05) is 11.0 Å². The number of hydrogen-bond acceptors (Lipinski definition) is 7. The number of imidazole rings is 1. The molecule has 0 aliphatic carbocycles. The van der Waals surface area contributed by atoms with Gasteiger partial charge >= 0.3 is 6.18 Å². The summed E-state index contributed by atoms with van der Waals surface area (Å²) in [5, 5.41) is 12.9. The van der Waals surface area contributed by atoms with Gasteiger partial charge in [0.05, 0.1) is 27.3 Å². The Morgan fingerprint density at radius 1 is 1.20 bits per heavy atom. The maximum Gasteiger partial charge on any atom is 0.417 e. The minimum absolute atomic E-state index is 0.00450. The van der Waals surface area contributed by atoms with Crippen molar-refractivity contribution in [3.63, 3.8) is 0 Å². The zero-order valence-corrected chi connectivity index (χ0v) is 24.4. The summed E-state index contributed by atoms with van der Waals surface area (Å²) >= 11 is 5.86. The Labute approximate surface area is 254 Å². The number of aliphatic hydroxyl groups excluding tert-OH is 1. The van der Waals surface area contributed by atoms with Gasteiger partial charge in [-0.15, -0.1) is 0 Å². The van der Waals surface area contributed by atoms with Crippen LogP contribution in [-0.2, 0) is 12.7 Å². The lowest BCUT2D eigenvalue weighted by Gasteiger charge is -2.34. The van der Waals surface area contributed by atoms with E-state index in [1.54, 1.807) is 12.1 Å². The largest absolute Gasteiger partial charge is 0.489 e. The summed E-state index contributed by atoms with van der Waals surface area (Å²) in [6.07, 6.45) is -2.50. The van der Waals surface area contributed by atoms with Gasteiger partial charge in [0.25, 0.3) is 11.5 Å². The van der Waals surface area contributed by atoms with Gasteiger partial charge in [0.15, 0.2) is 0 Å². The number of hydrogen-bond donors (Lipinski definition) is 4. The van der Waals surface area contributed by atoms with E-state index >= 15 is 0 Å². The van der Waals surface area contributed by atoms with Crippen molar-refractivity contribution in [2.45, 2.75) is 37.7 Å². The molecule has 2 aliphatic heterocycles. The minimum atomic E-state index is -4.65. The number of nitrogens with one attached hydrogen (secondary N) is 3. The van der Waals surface area contributed by atoms with Crippen LogP contribution in [0.1, 0.15) is 34.3 Å². The molecule has 2 aromatic heterocycles. The molecule has 4 N–H and O–H groups in total. The van der Waals surface area contributed by atoms with Gasteiger partial charge in [-0.1, -0.05) is 17.7 Å². The highest BCUT2D eigenvalue weighted by Gasteiger charge is 2.35. The first-order valence-electron chi connectivity index (χ1n) is 14.1. The first-order chi connectivity index (χ1) is 21.0. The molecule has 6 rings (SSSR count). The second-order valence-electron chi connectivity index (χ2n) is 11.1. The van der Waals surface area contributed by atoms with Crippen LogP contribution in [0.25, 0.3) is 22.4 Å². The SMILES string of the molecule is CN1CCC(N2Cc3cc4nc(-c5c(NC[C@@H](O)COc6cccc(C(F)(F)F)c6Cl)cc[nH]c5=O)[nH]c4cc3C2=O)CC1. The van der Waals surface area contributed by atoms with Crippen LogP contribution in [0.15, 0.2) is 47.4 Å². The molecule has 0 spiro atoms. The Hall–Kier alpha value is -4.07. The molecule has 1 fully saturated rings. The highest BCUT2D eigenvalue weighted by Crippen LogP contribution is 2.39. The van der Waals surface area contributed by atoms with Gasteiger partial charge in [-0.05, 0) is 68.9 Å². The second kappa shape index (κ2) is 11.8. The normalized spacial score (nSPS) is 16.9. The minimum Gasteiger partial charge on any atom is -0.489 e. The summed E-state index contributed by atoms with van der Waals surface area (Å²) in [5.74, 6) is 0.0591. The number of halogens is 4. The molecule has 0 bridgehead atoms. The molecule has 1 amide bonds. The Morgan fingerprint density at radius 2 is 1.98 bits per heavy atom. The van der Waals surface area contributed by atoms with Crippen LogP contribution in [0.4, 0.5) is 18.9 Å². The van der Waals surface area contributed by atoms with E-state index in [0.717, 1.165) is 37.6 Å². The van der Waals surface area contributed by atoms with Crippen molar-refractivity contribution in [2.75, 3.05) is 38.6 Å². The number of aromatic amines is 2. The van der Waals surface area contributed by atoms with E-state index in [9.17, 15) is 27.9 Å². The number of piperidine rings is 1. The fourth-order valence-corrected chi connectivity index (χ4v) is 6.02. The van der Waals surface area contributed by atoms with Crippen LogP contribution in [0.5, 0.6) is 5.75 Å². The molecule has 232 valence electrons. The molecule has 10 nitrogen and oxygen atoms in total. The third kappa shape index (κ3) is 5.86. The summed E-state index contributed by atoms with van der Waals surface area (Å²) in [5.41, 5.74) is 1.81. The maximum absolute atomic E-state index is 13.3. The highest BCUT2D eigenvalue weighted by molar-refractivity contribution is 6.32. The number of pyridine rings is 1. The molecule has 2 aliphatic rings. The summed E-state index contributed by atoms with van der Waals surface area (Å²) in [6.45, 7) is 1.97. The lowest BCUT2D eigenvalue weighted by molar-refractivity contribution is -0.137. The molecular weight excluding hydrogens is 601 g/mol. The molecule has 4 heterocycles. The smallest absolute Gasteiger partial charge is 0.417 e. The van der Waals surface area contributed by atoms with Gasteiger partial charge < -0.3 is 34.9 Å². The summed E-state index contributed by atoms with van der Waals surface area (Å²) < 4.78 is 44.8. The van der Waals surface area contributed by atoms with Crippen molar-refractivity contribution >= 4 is 34.2 Å². The lowest BCUT2D eigenvalue weighted by atomic mass is 10.0. The van der Waals surface area contributed by atoms with Crippen LogP contribution in [0, 0.1) is 0 Å². The molecule has 0 radical (unpaired) electrons. The van der Waals surface area contributed by atoms with E-state index in [1.165, 1.54) is 18.3 Å². The van der Waals surface area contributed by atoms with Crippen molar-refractivity contribution in [1.82, 2.24) is 24.8 Å². The molecule has 0 unspecified atom stereocenters. The van der Waals surface area contributed by atoms with Gasteiger partial charge in [0, 0.05) is 30.9 Å². The van der Waals surface area contributed by atoms with E-state index in [0.29, 0.717) is 28.8 Å². The number of rotatable bonds is 8. The number of anilines is 1. The van der Waals surface area contributed by atoms with Crippen LogP contribution in [0.3, 0.4) is 0 Å². The van der Waals surface area contributed by atoms with Crippen LogP contribution < -0.4 is 15.6 Å². The monoisotopic (exact) mass is 630 g/mol. The van der Waals surface area contributed by atoms with Gasteiger partial charge in [-0.25, -0.2) is 4.98 Å². The zero-order chi connectivity index (χ0) is 31.2. The van der Waals surface area contributed by atoms with Crippen molar-refractivity contribution in [3.05, 3.63) is 74.7 Å². The topological polar surface area (TPSA) is 127 Å². The van der Waals surface area contributed by atoms with Gasteiger partial charge in [-0.3, -0.25) is 9.59 Å². The number of H-pyrrole nitrogens is 2. The fraction of sp³-hybridized carbons (Fsp3) is 0.367. The number of aliphatic hydroxyl groups is 1. The second-order valence-corrected chi connectivity index (χ2v) is 11.5. The van der Waals surface area contributed by atoms with Crippen molar-refractivity contribution in [3.8, 4) is 17.1 Å². The molecule has 0 saturated carbocycles. The molecule has 4 aromatic rings. The molecule has 2 aromatic carbocycles. The van der Waals surface area contributed by atoms with Crippen LogP contribution in [0.2, 0.25) is 5.02 Å². The number of likely N-dealkylation sites (tertiary alicyclic amines) is 1. The number of amides is 1. The van der Waals surface area contributed by atoms with Crippen molar-refractivity contribution in [2.24, 2.45) is 0 Å². The molecule has 44 heavy (non-hydrogen) atoms. The summed E-state index contributed by atoms with van der Waals surface area (Å²) in [7, 11) is 2.08. The number of fused-ring (bicyclic) bond motifs is 2. The third-order valence-corrected chi connectivity index (χ3v) is 8.48. The molecule has 14 heteroatoms. The number of nitrogens with zero attached hydrogens (tertiary/aromatic N) is 3. The number of benzene rings is 2. The van der Waals surface area contributed by atoms with Crippen molar-refractivity contribution in [1.29, 1.82) is 0 Å². The standard InChI is InChI=1S/C30H30ClF3N6O4/c1-39-9-6-17(7-10-39)40-14-16-11-22-23(12-19(16)29(40)43)38-27(37-22)25-21(5-8-35-28(25)42)36-13-18(41)15-44-24-4-2-3-20(26(24)31)30(32,33)34/h2-5,8,11-12,17-18,41H,6-7,9-10,13-15H2,1H3,(H,37,38)(H2,35,36,42)/t18-/m1/s1. The number of aromatic nitrogens is 3. The molecular formula is C30H30ClF3N6O4. The first kappa shape index (κ1) is 30.0. The number of carbonyl (C=O) groups is 1.